The predicted molar refractivity (Wildman–Crippen MR) is 62.8 cm³/mol. The second-order valence-electron chi connectivity index (χ2n) is 2.96. The highest BCUT2D eigenvalue weighted by atomic mass is 127. The van der Waals surface area contributed by atoms with Crippen molar-refractivity contribution in [1.29, 1.82) is 0 Å². The highest BCUT2D eigenvalue weighted by Crippen LogP contribution is 2.17. The fourth-order valence-electron chi connectivity index (χ4n) is 1.19. The van der Waals surface area contributed by atoms with Crippen molar-refractivity contribution in [3.63, 3.8) is 0 Å². The lowest BCUT2D eigenvalue weighted by Crippen LogP contribution is -1.94. The van der Waals surface area contributed by atoms with Crippen molar-refractivity contribution in [2.45, 2.75) is 6.42 Å². The summed E-state index contributed by atoms with van der Waals surface area (Å²) in [6.45, 7) is 0. The largest absolute Gasteiger partial charge is 0.398 e. The maximum Gasteiger partial charge on any atom is 0.137 e. The van der Waals surface area contributed by atoms with Crippen molar-refractivity contribution in [3.05, 3.63) is 39.5 Å². The first-order valence-corrected chi connectivity index (χ1v) is 5.22. The Balaban J connectivity index is 2.22. The van der Waals surface area contributed by atoms with Gasteiger partial charge in [-0.3, -0.25) is 5.10 Å². The summed E-state index contributed by atoms with van der Waals surface area (Å²) in [6.07, 6.45) is 2.27. The predicted octanol–water partition coefficient (Wildman–Crippen LogP) is 1.58. The molecule has 0 aliphatic carbocycles. The molecule has 0 bridgehead atoms. The Morgan fingerprint density at radius 2 is 2.29 bits per heavy atom. The summed E-state index contributed by atoms with van der Waals surface area (Å²) in [5.41, 5.74) is 7.71. The molecule has 14 heavy (non-hydrogen) atoms. The molecule has 0 aliphatic heterocycles. The number of H-pyrrole nitrogens is 1. The van der Waals surface area contributed by atoms with Gasteiger partial charge < -0.3 is 5.73 Å². The molecule has 0 radical (unpaired) electrons. The number of rotatable bonds is 2. The van der Waals surface area contributed by atoms with Crippen molar-refractivity contribution in [2.75, 3.05) is 5.73 Å². The van der Waals surface area contributed by atoms with E-state index in [0.29, 0.717) is 0 Å². The van der Waals surface area contributed by atoms with Crippen LogP contribution in [0.3, 0.4) is 0 Å². The van der Waals surface area contributed by atoms with Crippen molar-refractivity contribution < 1.29 is 0 Å². The van der Waals surface area contributed by atoms with Crippen LogP contribution >= 0.6 is 22.6 Å². The Bertz CT molecular complexity index is 424. The van der Waals surface area contributed by atoms with Gasteiger partial charge >= 0.3 is 0 Å². The second-order valence-corrected chi connectivity index (χ2v) is 4.13. The summed E-state index contributed by atoms with van der Waals surface area (Å²) in [6, 6.07) is 5.96. The number of nitrogens with two attached hydrogens (primary N) is 1. The fraction of sp³-hybridized carbons (Fsp3) is 0.111. The molecule has 1 aromatic heterocycles. The molecular weight excluding hydrogens is 291 g/mol. The van der Waals surface area contributed by atoms with Gasteiger partial charge in [0.1, 0.15) is 12.2 Å². The van der Waals surface area contributed by atoms with Crippen LogP contribution in [-0.4, -0.2) is 15.2 Å². The molecule has 0 amide bonds. The van der Waals surface area contributed by atoms with E-state index in [-0.39, 0.29) is 0 Å². The number of halogens is 1. The SMILES string of the molecule is Nc1ccc(Cc2ncn[nH]2)cc1I. The average Bonchev–Trinajstić information content (AvgIpc) is 2.64. The molecular formula is C9H9IN4. The average molecular weight is 300 g/mol. The zero-order chi connectivity index (χ0) is 9.97. The van der Waals surface area contributed by atoms with Gasteiger partial charge in [0.05, 0.1) is 0 Å². The van der Waals surface area contributed by atoms with E-state index in [1.807, 2.05) is 12.1 Å². The molecule has 2 rings (SSSR count). The minimum absolute atomic E-state index is 0.760. The van der Waals surface area contributed by atoms with Crippen molar-refractivity contribution in [2.24, 2.45) is 0 Å². The summed E-state index contributed by atoms with van der Waals surface area (Å²) >= 11 is 2.22. The Morgan fingerprint density at radius 1 is 1.43 bits per heavy atom. The van der Waals surface area contributed by atoms with E-state index < -0.39 is 0 Å². The van der Waals surface area contributed by atoms with E-state index >= 15 is 0 Å². The van der Waals surface area contributed by atoms with Gasteiger partial charge in [-0.1, -0.05) is 6.07 Å². The topological polar surface area (TPSA) is 67.6 Å². The minimum atomic E-state index is 0.760. The van der Waals surface area contributed by atoms with Crippen molar-refractivity contribution in [3.8, 4) is 0 Å². The van der Waals surface area contributed by atoms with Gasteiger partial charge in [-0.25, -0.2) is 4.98 Å². The number of hydrogen-bond donors (Lipinski definition) is 2. The molecule has 0 fully saturated rings. The van der Waals surface area contributed by atoms with Gasteiger partial charge in [0, 0.05) is 15.7 Å². The Kier molecular flexibility index (Phi) is 2.67. The van der Waals surface area contributed by atoms with Crippen LogP contribution in [0.15, 0.2) is 24.5 Å². The molecule has 1 heterocycles. The first-order valence-electron chi connectivity index (χ1n) is 4.14. The van der Waals surface area contributed by atoms with Gasteiger partial charge in [0.15, 0.2) is 0 Å². The molecule has 0 spiro atoms. The Hall–Kier alpha value is -1.11. The molecule has 0 saturated carbocycles. The van der Waals surface area contributed by atoms with Crippen LogP contribution in [0.1, 0.15) is 11.4 Å². The molecule has 0 saturated heterocycles. The number of anilines is 1. The van der Waals surface area contributed by atoms with Crippen LogP contribution in [-0.2, 0) is 6.42 Å². The zero-order valence-electron chi connectivity index (χ0n) is 7.37. The number of nitrogens with one attached hydrogen (secondary N) is 1. The lowest BCUT2D eigenvalue weighted by atomic mass is 10.1. The van der Waals surface area contributed by atoms with Crippen LogP contribution in [0.4, 0.5) is 5.69 Å². The summed E-state index contributed by atoms with van der Waals surface area (Å²) in [7, 11) is 0. The van der Waals surface area contributed by atoms with Crippen molar-refractivity contribution >= 4 is 28.3 Å². The van der Waals surface area contributed by atoms with Gasteiger partial charge in [0.25, 0.3) is 0 Å². The van der Waals surface area contributed by atoms with Crippen LogP contribution in [0.5, 0.6) is 0 Å². The van der Waals surface area contributed by atoms with Crippen LogP contribution in [0, 0.1) is 3.57 Å². The lowest BCUT2D eigenvalue weighted by molar-refractivity contribution is 0.972. The first-order chi connectivity index (χ1) is 6.75. The van der Waals surface area contributed by atoms with Gasteiger partial charge in [-0.05, 0) is 40.3 Å². The van der Waals surface area contributed by atoms with E-state index in [1.165, 1.54) is 11.9 Å². The normalized spacial score (nSPS) is 10.4. The quantitative estimate of drug-likeness (QED) is 0.653. The Morgan fingerprint density at radius 3 is 2.93 bits per heavy atom. The highest BCUT2D eigenvalue weighted by molar-refractivity contribution is 14.1. The number of aromatic nitrogens is 3. The fourth-order valence-corrected chi connectivity index (χ4v) is 1.77. The maximum atomic E-state index is 5.72. The molecule has 2 aromatic rings. The molecule has 3 N–H and O–H groups in total. The monoisotopic (exact) mass is 300 g/mol. The molecule has 72 valence electrons. The van der Waals surface area contributed by atoms with E-state index in [1.54, 1.807) is 0 Å². The van der Waals surface area contributed by atoms with E-state index in [2.05, 4.69) is 43.8 Å². The smallest absolute Gasteiger partial charge is 0.137 e. The highest BCUT2D eigenvalue weighted by Gasteiger charge is 2.01. The summed E-state index contributed by atoms with van der Waals surface area (Å²) in [5, 5.41) is 6.62. The third-order valence-corrected chi connectivity index (χ3v) is 2.84. The summed E-state index contributed by atoms with van der Waals surface area (Å²) in [5.74, 6) is 0.866. The molecule has 0 atom stereocenters. The van der Waals surface area contributed by atoms with Gasteiger partial charge in [0.2, 0.25) is 0 Å². The summed E-state index contributed by atoms with van der Waals surface area (Å²) < 4.78 is 1.07. The second kappa shape index (κ2) is 3.95. The third kappa shape index (κ3) is 2.03. The van der Waals surface area contributed by atoms with Crippen molar-refractivity contribution in [1.82, 2.24) is 15.2 Å². The minimum Gasteiger partial charge on any atom is -0.398 e. The number of hydrogen-bond acceptors (Lipinski definition) is 3. The van der Waals surface area contributed by atoms with Gasteiger partial charge in [-0.2, -0.15) is 5.10 Å². The molecule has 0 unspecified atom stereocenters. The van der Waals surface area contributed by atoms with Crippen LogP contribution < -0.4 is 5.73 Å². The lowest BCUT2D eigenvalue weighted by Gasteiger charge is -2.01. The molecule has 1 aromatic carbocycles. The number of nitrogens with zero attached hydrogens (tertiary/aromatic N) is 2. The number of aromatic amines is 1. The van der Waals surface area contributed by atoms with E-state index in [0.717, 1.165) is 21.5 Å². The first kappa shape index (κ1) is 9.45. The van der Waals surface area contributed by atoms with E-state index in [9.17, 15) is 0 Å². The molecule has 4 nitrogen and oxygen atoms in total. The molecule has 5 heteroatoms. The Labute approximate surface area is 95.1 Å². The standard InChI is InChI=1S/C9H9IN4/c10-7-3-6(1-2-8(7)11)4-9-12-5-13-14-9/h1-3,5H,4,11H2,(H,12,13,14). The van der Waals surface area contributed by atoms with Crippen LogP contribution in [0.2, 0.25) is 0 Å². The maximum absolute atomic E-state index is 5.72. The number of nitrogen functional groups attached to an aromatic ring is 1. The zero-order valence-corrected chi connectivity index (χ0v) is 9.52. The van der Waals surface area contributed by atoms with Gasteiger partial charge in [-0.15, -0.1) is 0 Å². The summed E-state index contributed by atoms with van der Waals surface area (Å²) in [4.78, 5) is 4.06. The molecule has 0 aliphatic rings. The van der Waals surface area contributed by atoms with E-state index in [4.69, 9.17) is 5.73 Å². The number of benzene rings is 1. The van der Waals surface area contributed by atoms with Crippen LogP contribution in [0.25, 0.3) is 0 Å². The third-order valence-electron chi connectivity index (χ3n) is 1.90.